The molecule has 2 aromatic heterocycles. The molecular formula is C12H12N2O2S. The summed E-state index contributed by atoms with van der Waals surface area (Å²) in [7, 11) is 0. The number of pyridine rings is 1. The maximum absolute atomic E-state index is 10.5. The zero-order valence-corrected chi connectivity index (χ0v) is 10.2. The summed E-state index contributed by atoms with van der Waals surface area (Å²) in [5.41, 5.74) is 1.74. The first kappa shape index (κ1) is 11.7. The topological polar surface area (TPSA) is 63.1 Å². The second kappa shape index (κ2) is 5.05. The number of aromatic nitrogens is 2. The molecule has 0 saturated heterocycles. The molecule has 0 aromatic carbocycles. The number of aryl methyl sites for hydroxylation is 2. The highest BCUT2D eigenvalue weighted by atomic mass is 32.1. The van der Waals surface area contributed by atoms with Gasteiger partial charge in [0.05, 0.1) is 17.8 Å². The standard InChI is InChI=1S/C12H12N2O2S/c1-8-10(5-6-11(15)16)17-12(14-8)9-4-2-3-7-13-9/h2-4,7H,5-6H2,1H3,(H,15,16). The fraction of sp³-hybridized carbons (Fsp3) is 0.250. The minimum absolute atomic E-state index is 0.144. The van der Waals surface area contributed by atoms with Crippen molar-refractivity contribution in [2.45, 2.75) is 19.8 Å². The Bertz CT molecular complexity index is 523. The quantitative estimate of drug-likeness (QED) is 0.903. The molecule has 0 aliphatic rings. The third kappa shape index (κ3) is 2.88. The lowest BCUT2D eigenvalue weighted by Crippen LogP contribution is -1.96. The summed E-state index contributed by atoms with van der Waals surface area (Å²) in [5, 5.41) is 9.51. The van der Waals surface area contributed by atoms with E-state index in [2.05, 4.69) is 9.97 Å². The molecule has 4 nitrogen and oxygen atoms in total. The Labute approximate surface area is 103 Å². The molecule has 0 amide bonds. The van der Waals surface area contributed by atoms with Crippen LogP contribution >= 0.6 is 11.3 Å². The van der Waals surface area contributed by atoms with E-state index in [4.69, 9.17) is 5.11 Å². The van der Waals surface area contributed by atoms with Crippen LogP contribution < -0.4 is 0 Å². The van der Waals surface area contributed by atoms with Crippen LogP contribution in [-0.4, -0.2) is 21.0 Å². The van der Waals surface area contributed by atoms with Gasteiger partial charge in [-0.1, -0.05) is 6.07 Å². The molecule has 2 heterocycles. The minimum atomic E-state index is -0.780. The highest BCUT2D eigenvalue weighted by Crippen LogP contribution is 2.27. The molecule has 0 fully saturated rings. The van der Waals surface area contributed by atoms with E-state index >= 15 is 0 Å². The summed E-state index contributed by atoms with van der Waals surface area (Å²) < 4.78 is 0. The van der Waals surface area contributed by atoms with E-state index in [1.54, 1.807) is 6.20 Å². The van der Waals surface area contributed by atoms with Crippen molar-refractivity contribution >= 4 is 17.3 Å². The number of hydrogen-bond acceptors (Lipinski definition) is 4. The van der Waals surface area contributed by atoms with E-state index in [1.807, 2.05) is 25.1 Å². The largest absolute Gasteiger partial charge is 0.481 e. The van der Waals surface area contributed by atoms with E-state index in [0.29, 0.717) is 6.42 Å². The van der Waals surface area contributed by atoms with Crippen molar-refractivity contribution in [3.8, 4) is 10.7 Å². The second-order valence-corrected chi connectivity index (χ2v) is 4.72. The highest BCUT2D eigenvalue weighted by Gasteiger charge is 2.11. The zero-order valence-electron chi connectivity index (χ0n) is 9.38. The first-order valence-electron chi connectivity index (χ1n) is 5.26. The number of thiazole rings is 1. The monoisotopic (exact) mass is 248 g/mol. The van der Waals surface area contributed by atoms with Crippen molar-refractivity contribution in [2.24, 2.45) is 0 Å². The van der Waals surface area contributed by atoms with E-state index < -0.39 is 5.97 Å². The lowest BCUT2D eigenvalue weighted by atomic mass is 10.2. The van der Waals surface area contributed by atoms with Crippen LogP contribution in [-0.2, 0) is 11.2 Å². The number of nitrogens with zero attached hydrogens (tertiary/aromatic N) is 2. The molecule has 0 radical (unpaired) electrons. The lowest BCUT2D eigenvalue weighted by Gasteiger charge is -1.93. The molecule has 0 atom stereocenters. The van der Waals surface area contributed by atoms with Crippen molar-refractivity contribution < 1.29 is 9.90 Å². The number of carbonyl (C=O) groups is 1. The van der Waals surface area contributed by atoms with Crippen LogP contribution in [0.3, 0.4) is 0 Å². The van der Waals surface area contributed by atoms with Crippen molar-refractivity contribution in [3.63, 3.8) is 0 Å². The van der Waals surface area contributed by atoms with Gasteiger partial charge in [-0.05, 0) is 25.5 Å². The number of carboxylic acid groups (broad SMARTS) is 1. The Kier molecular flexibility index (Phi) is 3.49. The normalized spacial score (nSPS) is 10.4. The molecule has 0 saturated carbocycles. The van der Waals surface area contributed by atoms with E-state index in [9.17, 15) is 4.79 Å². The predicted molar refractivity (Wildman–Crippen MR) is 66.0 cm³/mol. The van der Waals surface area contributed by atoms with Crippen molar-refractivity contribution in [1.82, 2.24) is 9.97 Å². The molecule has 5 heteroatoms. The van der Waals surface area contributed by atoms with E-state index in [0.717, 1.165) is 21.3 Å². The van der Waals surface area contributed by atoms with Gasteiger partial charge in [-0.15, -0.1) is 11.3 Å². The highest BCUT2D eigenvalue weighted by molar-refractivity contribution is 7.15. The molecule has 1 N–H and O–H groups in total. The van der Waals surface area contributed by atoms with Gasteiger partial charge in [0.15, 0.2) is 0 Å². The summed E-state index contributed by atoms with van der Waals surface area (Å²) >= 11 is 1.52. The number of rotatable bonds is 4. The van der Waals surface area contributed by atoms with Gasteiger partial charge < -0.3 is 5.11 Å². The first-order valence-corrected chi connectivity index (χ1v) is 6.08. The molecular weight excluding hydrogens is 236 g/mol. The Morgan fingerprint density at radius 2 is 2.29 bits per heavy atom. The fourth-order valence-electron chi connectivity index (χ4n) is 1.48. The van der Waals surface area contributed by atoms with Gasteiger partial charge in [0.1, 0.15) is 5.01 Å². The Balaban J connectivity index is 2.22. The van der Waals surface area contributed by atoms with Crippen LogP contribution in [0.5, 0.6) is 0 Å². The molecule has 0 bridgehead atoms. The Hall–Kier alpha value is -1.75. The second-order valence-electron chi connectivity index (χ2n) is 3.64. The maximum atomic E-state index is 10.5. The molecule has 2 aromatic rings. The van der Waals surface area contributed by atoms with Crippen molar-refractivity contribution in [1.29, 1.82) is 0 Å². The first-order chi connectivity index (χ1) is 8.16. The Morgan fingerprint density at radius 3 is 2.94 bits per heavy atom. The molecule has 0 aliphatic carbocycles. The summed E-state index contributed by atoms with van der Waals surface area (Å²) in [4.78, 5) is 20.2. The Morgan fingerprint density at radius 1 is 1.47 bits per heavy atom. The molecule has 0 unspecified atom stereocenters. The molecule has 88 valence electrons. The van der Waals surface area contributed by atoms with Crippen LogP contribution in [0.1, 0.15) is 17.0 Å². The van der Waals surface area contributed by atoms with E-state index in [1.165, 1.54) is 11.3 Å². The van der Waals surface area contributed by atoms with Crippen LogP contribution in [0, 0.1) is 6.92 Å². The van der Waals surface area contributed by atoms with Gasteiger partial charge in [-0.25, -0.2) is 4.98 Å². The number of carboxylic acids is 1. The average molecular weight is 248 g/mol. The maximum Gasteiger partial charge on any atom is 0.303 e. The number of hydrogen-bond donors (Lipinski definition) is 1. The van der Waals surface area contributed by atoms with Crippen molar-refractivity contribution in [3.05, 3.63) is 35.0 Å². The van der Waals surface area contributed by atoms with Gasteiger partial charge in [0, 0.05) is 11.1 Å². The smallest absolute Gasteiger partial charge is 0.303 e. The molecule has 0 spiro atoms. The third-order valence-corrected chi connectivity index (χ3v) is 3.58. The van der Waals surface area contributed by atoms with Gasteiger partial charge in [0.25, 0.3) is 0 Å². The van der Waals surface area contributed by atoms with Gasteiger partial charge in [-0.2, -0.15) is 0 Å². The van der Waals surface area contributed by atoms with Crippen LogP contribution in [0.4, 0.5) is 0 Å². The lowest BCUT2D eigenvalue weighted by molar-refractivity contribution is -0.136. The summed E-state index contributed by atoms with van der Waals surface area (Å²) in [5.74, 6) is -0.780. The van der Waals surface area contributed by atoms with Crippen LogP contribution in [0.2, 0.25) is 0 Å². The summed E-state index contributed by atoms with van der Waals surface area (Å²) in [6.07, 6.45) is 2.40. The third-order valence-electron chi connectivity index (χ3n) is 2.34. The summed E-state index contributed by atoms with van der Waals surface area (Å²) in [6, 6.07) is 5.67. The molecule has 0 aliphatic heterocycles. The molecule has 17 heavy (non-hydrogen) atoms. The summed E-state index contributed by atoms with van der Waals surface area (Å²) in [6.45, 7) is 1.90. The van der Waals surface area contributed by atoms with Crippen LogP contribution in [0.15, 0.2) is 24.4 Å². The zero-order chi connectivity index (χ0) is 12.3. The SMILES string of the molecule is Cc1nc(-c2ccccn2)sc1CCC(=O)O. The van der Waals surface area contributed by atoms with Gasteiger partial charge in [0.2, 0.25) is 0 Å². The minimum Gasteiger partial charge on any atom is -0.481 e. The van der Waals surface area contributed by atoms with Crippen molar-refractivity contribution in [2.75, 3.05) is 0 Å². The average Bonchev–Trinajstić information content (AvgIpc) is 2.69. The fourth-order valence-corrected chi connectivity index (χ4v) is 2.52. The van der Waals surface area contributed by atoms with Gasteiger partial charge >= 0.3 is 5.97 Å². The van der Waals surface area contributed by atoms with Crippen LogP contribution in [0.25, 0.3) is 10.7 Å². The van der Waals surface area contributed by atoms with E-state index in [-0.39, 0.29) is 6.42 Å². The van der Waals surface area contributed by atoms with Gasteiger partial charge in [-0.3, -0.25) is 9.78 Å². The predicted octanol–water partition coefficient (Wildman–Crippen LogP) is 2.53. The molecule has 2 rings (SSSR count). The number of aliphatic carboxylic acids is 1.